The fourth-order valence-corrected chi connectivity index (χ4v) is 9.11. The van der Waals surface area contributed by atoms with Gasteiger partial charge in [-0.1, -0.05) is 48.5 Å². The van der Waals surface area contributed by atoms with Gasteiger partial charge < -0.3 is 9.47 Å². The van der Waals surface area contributed by atoms with Crippen molar-refractivity contribution in [3.05, 3.63) is 101 Å². The van der Waals surface area contributed by atoms with E-state index in [9.17, 15) is 0 Å². The fourth-order valence-electron chi connectivity index (χ4n) is 8.82. The summed E-state index contributed by atoms with van der Waals surface area (Å²) in [5.41, 5.74) is 2.45. The van der Waals surface area contributed by atoms with Gasteiger partial charge in [-0.25, -0.2) is 4.68 Å². The summed E-state index contributed by atoms with van der Waals surface area (Å²) in [4.78, 5) is 4.87. The average Bonchev–Trinajstić information content (AvgIpc) is 3.40. The molecule has 0 spiro atoms. The Bertz CT molecular complexity index is 1610. The van der Waals surface area contributed by atoms with E-state index in [-0.39, 0.29) is 5.41 Å². The maximum atomic E-state index is 6.19. The van der Waals surface area contributed by atoms with Gasteiger partial charge in [0.05, 0.1) is 6.67 Å². The van der Waals surface area contributed by atoms with Crippen LogP contribution in [0.25, 0.3) is 5.69 Å². The van der Waals surface area contributed by atoms with Gasteiger partial charge in [0.25, 0.3) is 0 Å². The van der Waals surface area contributed by atoms with Crippen LogP contribution in [0.2, 0.25) is 0 Å². The van der Waals surface area contributed by atoms with Crippen molar-refractivity contribution in [1.82, 2.24) is 24.1 Å². The van der Waals surface area contributed by atoms with Gasteiger partial charge in [0.1, 0.15) is 30.7 Å². The zero-order valence-corrected chi connectivity index (χ0v) is 26.8. The molecule has 234 valence electrons. The summed E-state index contributed by atoms with van der Waals surface area (Å²) in [6.45, 7) is 5.71. The number of benzene rings is 3. The normalized spacial score (nSPS) is 26.3. The molecule has 5 aliphatic rings. The van der Waals surface area contributed by atoms with Crippen molar-refractivity contribution in [2.24, 2.45) is 17.8 Å². The summed E-state index contributed by atoms with van der Waals surface area (Å²) in [7, 11) is 0. The van der Waals surface area contributed by atoms with E-state index in [0.717, 1.165) is 78.1 Å². The van der Waals surface area contributed by atoms with E-state index in [0.29, 0.717) is 13.3 Å². The lowest BCUT2D eigenvalue weighted by Gasteiger charge is -2.56. The number of hydrogen-bond acceptors (Lipinski definition) is 6. The SMILES string of the molecule is S=c1n(CN2CCN(COc3ccc(COc4ccccc4)cc3)CC2)nc(C23CC4CC(CC(C4)C2)C3)n1-c1ccccc1. The van der Waals surface area contributed by atoms with Crippen LogP contribution in [0, 0.1) is 22.5 Å². The van der Waals surface area contributed by atoms with Crippen LogP contribution < -0.4 is 9.47 Å². The summed E-state index contributed by atoms with van der Waals surface area (Å²) in [5, 5.41) is 5.39. The van der Waals surface area contributed by atoms with Gasteiger partial charge in [-0.2, -0.15) is 5.10 Å². The van der Waals surface area contributed by atoms with Crippen molar-refractivity contribution < 1.29 is 9.47 Å². The maximum absolute atomic E-state index is 6.19. The predicted octanol–water partition coefficient (Wildman–Crippen LogP) is 7.06. The fraction of sp³-hybridized carbons (Fsp3) is 0.459. The van der Waals surface area contributed by atoms with Crippen LogP contribution >= 0.6 is 12.2 Å². The third kappa shape index (κ3) is 6.08. The molecule has 1 aromatic heterocycles. The van der Waals surface area contributed by atoms with E-state index in [2.05, 4.69) is 61.5 Å². The van der Waals surface area contributed by atoms with Crippen molar-refractivity contribution in [2.75, 3.05) is 32.9 Å². The minimum absolute atomic E-state index is 0.173. The number of aromatic nitrogens is 3. The predicted molar refractivity (Wildman–Crippen MR) is 178 cm³/mol. The molecular weight excluding hydrogens is 579 g/mol. The van der Waals surface area contributed by atoms with E-state index in [4.69, 9.17) is 26.8 Å². The van der Waals surface area contributed by atoms with E-state index in [1.807, 2.05) is 42.5 Å². The van der Waals surface area contributed by atoms with E-state index < -0.39 is 0 Å². The van der Waals surface area contributed by atoms with Crippen LogP contribution in [0.15, 0.2) is 84.9 Å². The number of rotatable bonds is 10. The molecule has 2 heterocycles. The molecule has 0 unspecified atom stereocenters. The van der Waals surface area contributed by atoms with Gasteiger partial charge >= 0.3 is 0 Å². The largest absolute Gasteiger partial charge is 0.489 e. The maximum Gasteiger partial charge on any atom is 0.203 e. The highest BCUT2D eigenvalue weighted by Crippen LogP contribution is 2.60. The lowest BCUT2D eigenvalue weighted by Crippen LogP contribution is -2.49. The molecule has 0 radical (unpaired) electrons. The number of nitrogens with zero attached hydrogens (tertiary/aromatic N) is 5. The topological polar surface area (TPSA) is 47.7 Å². The van der Waals surface area contributed by atoms with E-state index in [1.165, 1.54) is 44.3 Å². The number of hydrogen-bond donors (Lipinski definition) is 0. The standard InChI is InChI=1S/C37H43N5O2S/c45-36-41(38-35(42(36)32-7-3-1-4-8-32)37-22-29-19-30(23-37)21-31(20-29)24-37)26-39-15-17-40(18-16-39)27-44-34-13-11-28(12-14-34)25-43-33-9-5-2-6-10-33/h1-14,29-31H,15-27H2. The Balaban J connectivity index is 0.895. The van der Waals surface area contributed by atoms with E-state index >= 15 is 0 Å². The Hall–Kier alpha value is -3.46. The minimum atomic E-state index is 0.173. The van der Waals surface area contributed by atoms with Gasteiger partial charge in [-0.05, 0) is 110 Å². The lowest BCUT2D eigenvalue weighted by molar-refractivity contribution is -0.0107. The Morgan fingerprint density at radius 3 is 1.91 bits per heavy atom. The van der Waals surface area contributed by atoms with Gasteiger partial charge in [0, 0.05) is 37.3 Å². The molecule has 7 nitrogen and oxygen atoms in total. The second-order valence-electron chi connectivity index (χ2n) is 13.9. The lowest BCUT2D eigenvalue weighted by atomic mass is 9.49. The summed E-state index contributed by atoms with van der Waals surface area (Å²) in [6.07, 6.45) is 8.11. The average molecular weight is 622 g/mol. The zero-order valence-electron chi connectivity index (χ0n) is 26.0. The first kappa shape index (κ1) is 29.0. The van der Waals surface area contributed by atoms with Crippen molar-refractivity contribution in [3.8, 4) is 17.2 Å². The van der Waals surface area contributed by atoms with Crippen molar-refractivity contribution >= 4 is 12.2 Å². The molecule has 45 heavy (non-hydrogen) atoms. The molecular formula is C37H43N5O2S. The van der Waals surface area contributed by atoms with Crippen molar-refractivity contribution in [2.45, 2.75) is 57.2 Å². The van der Waals surface area contributed by atoms with Crippen LogP contribution in [0.1, 0.15) is 49.9 Å². The smallest absolute Gasteiger partial charge is 0.203 e. The summed E-state index contributed by atoms with van der Waals surface area (Å²) in [6, 6.07) is 28.8. The third-order valence-electron chi connectivity index (χ3n) is 10.7. The highest BCUT2D eigenvalue weighted by molar-refractivity contribution is 7.71. The molecule has 1 saturated heterocycles. The molecule has 5 fully saturated rings. The molecule has 8 heteroatoms. The van der Waals surface area contributed by atoms with Crippen LogP contribution in [0.3, 0.4) is 0 Å². The van der Waals surface area contributed by atoms with Gasteiger partial charge in [0.15, 0.2) is 0 Å². The third-order valence-corrected chi connectivity index (χ3v) is 11.0. The highest BCUT2D eigenvalue weighted by atomic mass is 32.1. The second-order valence-corrected chi connectivity index (χ2v) is 14.2. The number of ether oxygens (including phenoxy) is 2. The number of piperazine rings is 1. The molecule has 4 aromatic rings. The quantitative estimate of drug-likeness (QED) is 0.177. The summed E-state index contributed by atoms with van der Waals surface area (Å²) in [5.74, 6) is 5.58. The summed E-state index contributed by atoms with van der Waals surface area (Å²) < 4.78 is 17.3. The van der Waals surface area contributed by atoms with Crippen LogP contribution in [-0.4, -0.2) is 57.1 Å². The molecule has 4 saturated carbocycles. The van der Waals surface area contributed by atoms with Gasteiger partial charge in [-0.3, -0.25) is 14.4 Å². The molecule has 4 aliphatic carbocycles. The molecule has 3 aromatic carbocycles. The van der Waals surface area contributed by atoms with E-state index in [1.54, 1.807) is 0 Å². The molecule has 0 N–H and O–H groups in total. The Kier molecular flexibility index (Phi) is 7.97. The Morgan fingerprint density at radius 2 is 1.27 bits per heavy atom. The highest BCUT2D eigenvalue weighted by Gasteiger charge is 2.54. The Morgan fingerprint density at radius 1 is 0.689 bits per heavy atom. The van der Waals surface area contributed by atoms with Crippen molar-refractivity contribution in [1.29, 1.82) is 0 Å². The summed E-state index contributed by atoms with van der Waals surface area (Å²) >= 11 is 6.19. The Labute approximate surface area is 271 Å². The van der Waals surface area contributed by atoms with Crippen LogP contribution in [0.4, 0.5) is 0 Å². The molecule has 0 atom stereocenters. The molecule has 9 rings (SSSR count). The first-order valence-corrected chi connectivity index (χ1v) is 17.1. The molecule has 0 amide bonds. The second kappa shape index (κ2) is 12.4. The first-order chi connectivity index (χ1) is 22.1. The monoisotopic (exact) mass is 621 g/mol. The van der Waals surface area contributed by atoms with Crippen molar-refractivity contribution in [3.63, 3.8) is 0 Å². The van der Waals surface area contributed by atoms with Crippen LogP contribution in [0.5, 0.6) is 11.5 Å². The minimum Gasteiger partial charge on any atom is -0.489 e. The first-order valence-electron chi connectivity index (χ1n) is 16.7. The van der Waals surface area contributed by atoms with Gasteiger partial charge in [0.2, 0.25) is 4.77 Å². The van der Waals surface area contributed by atoms with Gasteiger partial charge in [-0.15, -0.1) is 0 Å². The molecule has 1 aliphatic heterocycles. The van der Waals surface area contributed by atoms with Crippen LogP contribution in [-0.2, 0) is 18.7 Å². The zero-order chi connectivity index (χ0) is 30.2. The molecule has 4 bridgehead atoms. The number of para-hydroxylation sites is 2.